The summed E-state index contributed by atoms with van der Waals surface area (Å²) in [6, 6.07) is 9.67. The van der Waals surface area contributed by atoms with Gasteiger partial charge in [-0.1, -0.05) is 30.3 Å². The van der Waals surface area contributed by atoms with E-state index in [1.54, 1.807) is 0 Å². The molecule has 0 spiro atoms. The molecule has 1 atom stereocenters. The maximum absolute atomic E-state index is 8.65. The first-order valence-electron chi connectivity index (χ1n) is 5.38. The molecule has 0 aromatic heterocycles. The van der Waals surface area contributed by atoms with E-state index in [9.17, 15) is 0 Å². The first-order valence-corrected chi connectivity index (χ1v) is 5.38. The number of hydrogen-bond donors (Lipinski definition) is 2. The number of aliphatic hydroxyl groups excluding tert-OH is 1. The molecule has 4 heteroatoms. The molecule has 0 aliphatic carbocycles. The van der Waals surface area contributed by atoms with Crippen molar-refractivity contribution in [3.8, 4) is 0 Å². The highest BCUT2D eigenvalue weighted by Gasteiger charge is 1.99. The Kier molecular flexibility index (Phi) is 6.76. The van der Waals surface area contributed by atoms with Crippen molar-refractivity contribution in [2.45, 2.75) is 12.6 Å². The molecule has 0 saturated carbocycles. The Balaban J connectivity index is 1.96. The summed E-state index contributed by atoms with van der Waals surface area (Å²) in [7, 11) is 0. The average molecular weight is 225 g/mol. The normalized spacial score (nSPS) is 12.6. The summed E-state index contributed by atoms with van der Waals surface area (Å²) in [5, 5.41) is 8.65. The van der Waals surface area contributed by atoms with Crippen LogP contribution in [0.5, 0.6) is 0 Å². The smallest absolute Gasteiger partial charge is 0.0718 e. The summed E-state index contributed by atoms with van der Waals surface area (Å²) in [5.74, 6) is 0. The first-order chi connectivity index (χ1) is 7.83. The summed E-state index contributed by atoms with van der Waals surface area (Å²) in [5.41, 5.74) is 6.61. The fourth-order valence-electron chi connectivity index (χ4n) is 1.17. The molecule has 0 heterocycles. The van der Waals surface area contributed by atoms with Gasteiger partial charge >= 0.3 is 0 Å². The molecule has 16 heavy (non-hydrogen) atoms. The predicted octanol–water partition coefficient (Wildman–Crippen LogP) is 0.539. The molecular formula is C12H19NO3. The molecule has 0 aliphatic rings. The molecular weight excluding hydrogens is 206 g/mol. The molecule has 0 radical (unpaired) electrons. The van der Waals surface area contributed by atoms with Crippen molar-refractivity contribution in [2.24, 2.45) is 5.73 Å². The third-order valence-electron chi connectivity index (χ3n) is 2.05. The minimum Gasteiger partial charge on any atom is -0.395 e. The highest BCUT2D eigenvalue weighted by molar-refractivity contribution is 5.13. The molecule has 4 nitrogen and oxygen atoms in total. The van der Waals surface area contributed by atoms with Gasteiger partial charge in [0.2, 0.25) is 0 Å². The molecule has 90 valence electrons. The minimum absolute atomic E-state index is 0.0507. The van der Waals surface area contributed by atoms with Crippen molar-refractivity contribution in [1.29, 1.82) is 0 Å². The van der Waals surface area contributed by atoms with E-state index in [1.165, 1.54) is 0 Å². The largest absolute Gasteiger partial charge is 0.395 e. The molecule has 0 saturated heterocycles. The SMILES string of the molecule is N[C@@H](CO)COCCOCc1ccccc1. The number of rotatable bonds is 8. The number of nitrogens with two attached hydrogens (primary N) is 1. The van der Waals surface area contributed by atoms with Crippen LogP contribution in [0.2, 0.25) is 0 Å². The highest BCUT2D eigenvalue weighted by Crippen LogP contribution is 1.99. The van der Waals surface area contributed by atoms with Gasteiger partial charge in [0, 0.05) is 0 Å². The van der Waals surface area contributed by atoms with Crippen LogP contribution in [0.3, 0.4) is 0 Å². The maximum atomic E-state index is 8.65. The van der Waals surface area contributed by atoms with Crippen LogP contribution in [0.15, 0.2) is 30.3 Å². The van der Waals surface area contributed by atoms with Crippen LogP contribution in [-0.4, -0.2) is 37.6 Å². The van der Waals surface area contributed by atoms with Crippen molar-refractivity contribution in [3.63, 3.8) is 0 Å². The molecule has 1 aromatic carbocycles. The van der Waals surface area contributed by atoms with E-state index in [4.69, 9.17) is 20.3 Å². The van der Waals surface area contributed by atoms with E-state index in [-0.39, 0.29) is 12.6 Å². The summed E-state index contributed by atoms with van der Waals surface area (Å²) in [6.45, 7) is 1.94. The van der Waals surface area contributed by atoms with E-state index >= 15 is 0 Å². The second-order valence-corrected chi connectivity index (χ2v) is 3.56. The van der Waals surface area contributed by atoms with Crippen LogP contribution in [-0.2, 0) is 16.1 Å². The minimum atomic E-state index is -0.297. The zero-order chi connectivity index (χ0) is 11.6. The van der Waals surface area contributed by atoms with Gasteiger partial charge in [-0.25, -0.2) is 0 Å². The number of ether oxygens (including phenoxy) is 2. The van der Waals surface area contributed by atoms with E-state index in [0.29, 0.717) is 26.4 Å². The van der Waals surface area contributed by atoms with Gasteiger partial charge < -0.3 is 20.3 Å². The van der Waals surface area contributed by atoms with Crippen molar-refractivity contribution >= 4 is 0 Å². The van der Waals surface area contributed by atoms with Gasteiger partial charge in [0.25, 0.3) is 0 Å². The molecule has 0 aliphatic heterocycles. The van der Waals surface area contributed by atoms with Crippen molar-refractivity contribution in [3.05, 3.63) is 35.9 Å². The standard InChI is InChI=1S/C12H19NO3/c13-12(8-14)10-16-7-6-15-9-11-4-2-1-3-5-11/h1-5,12,14H,6-10,13H2/t12-/m0/s1. The van der Waals surface area contributed by atoms with Gasteiger partial charge in [-0.3, -0.25) is 0 Å². The lowest BCUT2D eigenvalue weighted by molar-refractivity contribution is 0.0307. The zero-order valence-corrected chi connectivity index (χ0v) is 9.34. The number of benzene rings is 1. The summed E-state index contributed by atoms with van der Waals surface area (Å²) < 4.78 is 10.6. The van der Waals surface area contributed by atoms with E-state index in [0.717, 1.165) is 5.56 Å². The van der Waals surface area contributed by atoms with Crippen LogP contribution in [0.1, 0.15) is 5.56 Å². The fourth-order valence-corrected chi connectivity index (χ4v) is 1.17. The Bertz CT molecular complexity index is 266. The quantitative estimate of drug-likeness (QED) is 0.634. The van der Waals surface area contributed by atoms with E-state index in [1.807, 2.05) is 30.3 Å². The maximum Gasteiger partial charge on any atom is 0.0718 e. The van der Waals surface area contributed by atoms with Crippen LogP contribution in [0.25, 0.3) is 0 Å². The second kappa shape index (κ2) is 8.24. The highest BCUT2D eigenvalue weighted by atomic mass is 16.5. The van der Waals surface area contributed by atoms with Crippen molar-refractivity contribution in [1.82, 2.24) is 0 Å². The van der Waals surface area contributed by atoms with Gasteiger partial charge in [0.1, 0.15) is 0 Å². The Labute approximate surface area is 96.0 Å². The lowest BCUT2D eigenvalue weighted by Crippen LogP contribution is -2.30. The van der Waals surface area contributed by atoms with E-state index in [2.05, 4.69) is 0 Å². The van der Waals surface area contributed by atoms with Gasteiger partial charge in [-0.15, -0.1) is 0 Å². The first kappa shape index (κ1) is 13.1. The Morgan fingerprint density at radius 2 is 1.81 bits per heavy atom. The van der Waals surface area contributed by atoms with Crippen molar-refractivity contribution in [2.75, 3.05) is 26.4 Å². The topological polar surface area (TPSA) is 64.7 Å². The Hall–Kier alpha value is -0.940. The van der Waals surface area contributed by atoms with E-state index < -0.39 is 0 Å². The molecule has 0 fully saturated rings. The van der Waals surface area contributed by atoms with Crippen LogP contribution in [0, 0.1) is 0 Å². The monoisotopic (exact) mass is 225 g/mol. The lowest BCUT2D eigenvalue weighted by atomic mass is 10.2. The van der Waals surface area contributed by atoms with Crippen molar-refractivity contribution < 1.29 is 14.6 Å². The van der Waals surface area contributed by atoms with Crippen LogP contribution in [0.4, 0.5) is 0 Å². The number of hydrogen-bond acceptors (Lipinski definition) is 4. The van der Waals surface area contributed by atoms with Crippen LogP contribution >= 0.6 is 0 Å². The molecule has 0 bridgehead atoms. The van der Waals surface area contributed by atoms with Gasteiger partial charge in [-0.2, -0.15) is 0 Å². The second-order valence-electron chi connectivity index (χ2n) is 3.56. The zero-order valence-electron chi connectivity index (χ0n) is 9.34. The number of aliphatic hydroxyl groups is 1. The molecule has 0 amide bonds. The Morgan fingerprint density at radius 3 is 2.50 bits per heavy atom. The summed E-state index contributed by atoms with van der Waals surface area (Å²) in [6.07, 6.45) is 0. The van der Waals surface area contributed by atoms with Gasteiger partial charge in [0.15, 0.2) is 0 Å². The van der Waals surface area contributed by atoms with Gasteiger partial charge in [-0.05, 0) is 5.56 Å². The summed E-state index contributed by atoms with van der Waals surface area (Å²) in [4.78, 5) is 0. The van der Waals surface area contributed by atoms with Gasteiger partial charge in [0.05, 0.1) is 39.1 Å². The molecule has 1 rings (SSSR count). The van der Waals surface area contributed by atoms with Crippen LogP contribution < -0.4 is 5.73 Å². The average Bonchev–Trinajstić information content (AvgIpc) is 2.34. The third-order valence-corrected chi connectivity index (χ3v) is 2.05. The molecule has 1 aromatic rings. The third kappa shape index (κ3) is 5.82. The lowest BCUT2D eigenvalue weighted by Gasteiger charge is -2.09. The summed E-state index contributed by atoms with van der Waals surface area (Å²) >= 11 is 0. The molecule has 0 unspecified atom stereocenters. The fraction of sp³-hybridized carbons (Fsp3) is 0.500. The Morgan fingerprint density at radius 1 is 1.12 bits per heavy atom. The molecule has 3 N–H and O–H groups in total. The predicted molar refractivity (Wildman–Crippen MR) is 62.0 cm³/mol.